The maximum absolute atomic E-state index is 13.6. The third-order valence-electron chi connectivity index (χ3n) is 6.19. The van der Waals surface area contributed by atoms with E-state index in [0.717, 1.165) is 5.56 Å². The molecule has 0 aliphatic carbocycles. The van der Waals surface area contributed by atoms with Gasteiger partial charge in [-0.3, -0.25) is 10.2 Å². The topological polar surface area (TPSA) is 147 Å². The zero-order valence-electron chi connectivity index (χ0n) is 21.8. The monoisotopic (exact) mass is 538 g/mol. The average molecular weight is 539 g/mol. The zero-order valence-corrected chi connectivity index (χ0v) is 21.8. The van der Waals surface area contributed by atoms with Gasteiger partial charge in [0.1, 0.15) is 18.5 Å². The van der Waals surface area contributed by atoms with Crippen LogP contribution in [0.25, 0.3) is 0 Å². The summed E-state index contributed by atoms with van der Waals surface area (Å²) in [7, 11) is 1.51. The number of carboxylic acid groups (broad SMARTS) is 1. The summed E-state index contributed by atoms with van der Waals surface area (Å²) < 4.78 is 11.5. The number of nitrogens with two attached hydrogens (primary N) is 1. The Labute approximate surface area is 232 Å². The number of carbonyl (C=O) groups is 2. The molecule has 0 heterocycles. The number of nitrogen functional groups attached to an aromatic ring is 1. The van der Waals surface area contributed by atoms with Crippen molar-refractivity contribution in [1.82, 2.24) is 5.32 Å². The molecule has 0 aliphatic rings. The number of carboxylic acids is 1. The molecule has 0 aromatic heterocycles. The van der Waals surface area contributed by atoms with Crippen molar-refractivity contribution in [2.45, 2.75) is 18.7 Å². The second-order valence-corrected chi connectivity index (χ2v) is 8.94. The normalized spacial score (nSPS) is 12.0. The highest BCUT2D eigenvalue weighted by Crippen LogP contribution is 2.33. The van der Waals surface area contributed by atoms with Crippen LogP contribution in [0.5, 0.6) is 11.5 Å². The maximum Gasteiger partial charge on any atom is 0.330 e. The van der Waals surface area contributed by atoms with Crippen molar-refractivity contribution in [1.29, 1.82) is 5.41 Å². The van der Waals surface area contributed by atoms with Gasteiger partial charge in [0, 0.05) is 11.3 Å². The number of aliphatic carboxylic acids is 1. The van der Waals surface area contributed by atoms with Gasteiger partial charge in [-0.25, -0.2) is 4.79 Å². The molecule has 0 radical (unpaired) electrons. The van der Waals surface area contributed by atoms with E-state index in [0.29, 0.717) is 40.5 Å². The molecule has 0 fully saturated rings. The first-order valence-corrected chi connectivity index (χ1v) is 12.5. The van der Waals surface area contributed by atoms with Crippen LogP contribution >= 0.6 is 0 Å². The number of rotatable bonds is 12. The van der Waals surface area contributed by atoms with Crippen LogP contribution in [-0.4, -0.2) is 29.9 Å². The van der Waals surface area contributed by atoms with Gasteiger partial charge in [0.15, 0.2) is 17.5 Å². The Morgan fingerprint density at radius 3 is 2.10 bits per heavy atom. The molecule has 2 unspecified atom stereocenters. The highest BCUT2D eigenvalue weighted by atomic mass is 16.5. The van der Waals surface area contributed by atoms with Gasteiger partial charge in [-0.2, -0.15) is 0 Å². The van der Waals surface area contributed by atoms with E-state index >= 15 is 0 Å². The van der Waals surface area contributed by atoms with Crippen molar-refractivity contribution >= 4 is 23.4 Å². The lowest BCUT2D eigenvalue weighted by Gasteiger charge is -2.24. The van der Waals surface area contributed by atoms with E-state index in [1.807, 2.05) is 30.3 Å². The molecule has 6 N–H and O–H groups in total. The third-order valence-corrected chi connectivity index (χ3v) is 6.19. The lowest BCUT2D eigenvalue weighted by molar-refractivity contribution is -0.142. The van der Waals surface area contributed by atoms with Crippen molar-refractivity contribution in [2.75, 3.05) is 12.4 Å². The van der Waals surface area contributed by atoms with Crippen LogP contribution in [0.2, 0.25) is 0 Å². The first-order chi connectivity index (χ1) is 19.4. The summed E-state index contributed by atoms with van der Waals surface area (Å²) in [6.45, 7) is 0.332. The maximum atomic E-state index is 13.6. The van der Waals surface area contributed by atoms with E-state index in [1.165, 1.54) is 7.11 Å². The van der Waals surface area contributed by atoms with Gasteiger partial charge in [0.2, 0.25) is 5.91 Å². The number of hydrogen-bond acceptors (Lipinski definition) is 6. The van der Waals surface area contributed by atoms with Gasteiger partial charge < -0.3 is 30.9 Å². The van der Waals surface area contributed by atoms with Crippen LogP contribution in [0.4, 0.5) is 5.69 Å². The number of hydrogen-bond donors (Lipinski definition) is 5. The molecule has 0 spiro atoms. The molecule has 0 bridgehead atoms. The highest BCUT2D eigenvalue weighted by molar-refractivity contribution is 5.95. The largest absolute Gasteiger partial charge is 0.493 e. The molecule has 4 aromatic carbocycles. The van der Waals surface area contributed by atoms with Crippen molar-refractivity contribution < 1.29 is 24.2 Å². The number of amides is 1. The van der Waals surface area contributed by atoms with Crippen molar-refractivity contribution in [3.63, 3.8) is 0 Å². The Hall–Kier alpha value is -5.31. The summed E-state index contributed by atoms with van der Waals surface area (Å²) >= 11 is 0. The minimum Gasteiger partial charge on any atom is -0.493 e. The summed E-state index contributed by atoms with van der Waals surface area (Å²) in [5.74, 6) is -0.923. The second-order valence-electron chi connectivity index (χ2n) is 8.94. The predicted octanol–water partition coefficient (Wildman–Crippen LogP) is 4.65. The Balaban J connectivity index is 1.64. The lowest BCUT2D eigenvalue weighted by atomic mass is 10.0. The Kier molecular flexibility index (Phi) is 8.99. The van der Waals surface area contributed by atoms with E-state index in [9.17, 15) is 14.7 Å². The number of amidine groups is 1. The van der Waals surface area contributed by atoms with Gasteiger partial charge in [0.25, 0.3) is 0 Å². The first kappa shape index (κ1) is 27.7. The van der Waals surface area contributed by atoms with Crippen LogP contribution in [0.3, 0.4) is 0 Å². The number of carbonyl (C=O) groups excluding carboxylic acids is 1. The van der Waals surface area contributed by atoms with Crippen LogP contribution in [-0.2, 0) is 16.2 Å². The van der Waals surface area contributed by atoms with E-state index in [-0.39, 0.29) is 5.84 Å². The number of nitrogens with one attached hydrogen (secondary N) is 3. The fourth-order valence-corrected chi connectivity index (χ4v) is 4.09. The molecular weight excluding hydrogens is 508 g/mol. The van der Waals surface area contributed by atoms with E-state index in [1.54, 1.807) is 72.8 Å². The SMILES string of the molecule is COc1cc(C(Nc2ccc(C(=N)N)cc2)C(=O)NC(C(=O)O)c2ccccc2)ccc1OCc1ccccc1. The minimum atomic E-state index is -1.26. The first-order valence-electron chi connectivity index (χ1n) is 12.5. The van der Waals surface area contributed by atoms with Crippen LogP contribution in [0, 0.1) is 5.41 Å². The fourth-order valence-electron chi connectivity index (χ4n) is 4.09. The molecule has 40 heavy (non-hydrogen) atoms. The van der Waals surface area contributed by atoms with Crippen molar-refractivity contribution in [3.05, 3.63) is 125 Å². The Morgan fingerprint density at radius 2 is 1.50 bits per heavy atom. The molecule has 4 aromatic rings. The van der Waals surface area contributed by atoms with E-state index in [2.05, 4.69) is 10.6 Å². The number of methoxy groups -OCH3 is 1. The van der Waals surface area contributed by atoms with Gasteiger partial charge in [-0.05, 0) is 53.1 Å². The predicted molar refractivity (Wildman–Crippen MR) is 153 cm³/mol. The average Bonchev–Trinajstić information content (AvgIpc) is 2.98. The Bertz CT molecular complexity index is 1460. The van der Waals surface area contributed by atoms with Gasteiger partial charge in [0.05, 0.1) is 7.11 Å². The second kappa shape index (κ2) is 13.0. The summed E-state index contributed by atoms with van der Waals surface area (Å²) in [5, 5.41) is 23.3. The lowest BCUT2D eigenvalue weighted by Crippen LogP contribution is -2.39. The molecule has 1 amide bonds. The van der Waals surface area contributed by atoms with E-state index in [4.69, 9.17) is 20.6 Å². The van der Waals surface area contributed by atoms with Gasteiger partial charge in [-0.1, -0.05) is 66.7 Å². The summed E-state index contributed by atoms with van der Waals surface area (Å²) in [6.07, 6.45) is 0. The van der Waals surface area contributed by atoms with Crippen molar-refractivity contribution in [3.8, 4) is 11.5 Å². The number of benzene rings is 4. The number of anilines is 1. The standard InChI is InChI=1S/C31H30N4O5/c1-39-26-18-23(14-17-25(26)40-19-20-8-4-2-5-9-20)27(34-24-15-12-22(13-16-24)29(32)33)30(36)35-28(31(37)38)21-10-6-3-7-11-21/h2-18,27-28,34H,19H2,1H3,(H3,32,33)(H,35,36)(H,37,38). The minimum absolute atomic E-state index is 0.0798. The van der Waals surface area contributed by atoms with Crippen molar-refractivity contribution in [2.24, 2.45) is 5.73 Å². The highest BCUT2D eigenvalue weighted by Gasteiger charge is 2.28. The molecule has 9 nitrogen and oxygen atoms in total. The fraction of sp³-hybridized carbons (Fsp3) is 0.129. The summed E-state index contributed by atoms with van der Waals surface area (Å²) in [6, 6.07) is 27.7. The quantitative estimate of drug-likeness (QED) is 0.130. The Morgan fingerprint density at radius 1 is 0.850 bits per heavy atom. The van der Waals surface area contributed by atoms with Crippen LogP contribution in [0.15, 0.2) is 103 Å². The molecule has 2 atom stereocenters. The van der Waals surface area contributed by atoms with Gasteiger partial charge >= 0.3 is 5.97 Å². The molecule has 204 valence electrons. The molecule has 9 heteroatoms. The smallest absolute Gasteiger partial charge is 0.330 e. The third kappa shape index (κ3) is 6.96. The zero-order chi connectivity index (χ0) is 28.5. The molecule has 0 aliphatic heterocycles. The van der Waals surface area contributed by atoms with E-state index < -0.39 is 24.0 Å². The molecule has 4 rings (SSSR count). The molecule has 0 saturated heterocycles. The van der Waals surface area contributed by atoms with Crippen LogP contribution < -0.4 is 25.8 Å². The number of ether oxygens (including phenoxy) is 2. The molecule has 0 saturated carbocycles. The summed E-state index contributed by atoms with van der Waals surface area (Å²) in [4.78, 5) is 25.7. The van der Waals surface area contributed by atoms with Gasteiger partial charge in [-0.15, -0.1) is 0 Å². The molecular formula is C31H30N4O5. The van der Waals surface area contributed by atoms with Crippen LogP contribution in [0.1, 0.15) is 34.3 Å². The summed E-state index contributed by atoms with van der Waals surface area (Å²) in [5.41, 5.74) is 8.62.